The minimum atomic E-state index is -0.527. The van der Waals surface area contributed by atoms with Crippen molar-refractivity contribution in [1.29, 1.82) is 0 Å². The van der Waals surface area contributed by atoms with Crippen LogP contribution in [0.5, 0.6) is 5.75 Å². The summed E-state index contributed by atoms with van der Waals surface area (Å²) in [7, 11) is 1.62. The Labute approximate surface area is 115 Å². The Hall–Kier alpha value is -1.55. The predicted molar refractivity (Wildman–Crippen MR) is 77.0 cm³/mol. The van der Waals surface area contributed by atoms with Gasteiger partial charge in [-0.2, -0.15) is 0 Å². The van der Waals surface area contributed by atoms with Gasteiger partial charge in [0.1, 0.15) is 5.75 Å². The average Bonchev–Trinajstić information content (AvgIpc) is 2.36. The number of benzene rings is 1. The molecule has 1 rings (SSSR count). The summed E-state index contributed by atoms with van der Waals surface area (Å²) in [5.74, 6) is 0.640. The molecule has 4 nitrogen and oxygen atoms in total. The second-order valence-electron chi connectivity index (χ2n) is 5.85. The van der Waals surface area contributed by atoms with Gasteiger partial charge in [0, 0.05) is 0 Å². The van der Waals surface area contributed by atoms with Crippen LogP contribution in [-0.4, -0.2) is 19.1 Å². The summed E-state index contributed by atoms with van der Waals surface area (Å²) in [5.41, 5.74) is 6.68. The first-order valence-corrected chi connectivity index (χ1v) is 6.45. The van der Waals surface area contributed by atoms with E-state index in [4.69, 9.17) is 10.5 Å². The Morgan fingerprint density at radius 1 is 1.37 bits per heavy atom. The molecule has 4 heteroatoms. The van der Waals surface area contributed by atoms with Crippen molar-refractivity contribution in [2.45, 2.75) is 39.8 Å². The van der Waals surface area contributed by atoms with Crippen LogP contribution in [0.15, 0.2) is 24.3 Å². The smallest absolute Gasteiger partial charge is 0.237 e. The minimum Gasteiger partial charge on any atom is -0.497 e. The number of nitrogens with one attached hydrogen (secondary N) is 1. The third-order valence-corrected chi connectivity index (χ3v) is 3.17. The second kappa shape index (κ2) is 6.06. The molecule has 106 valence electrons. The molecule has 2 atom stereocenters. The maximum absolute atomic E-state index is 12.1. The molecule has 3 N–H and O–H groups in total. The number of carbonyl (C=O) groups excluding carboxylic acids is 1. The first-order chi connectivity index (χ1) is 8.75. The summed E-state index contributed by atoms with van der Waals surface area (Å²) in [6.07, 6.45) is 0. The van der Waals surface area contributed by atoms with E-state index in [1.165, 1.54) is 0 Å². The topological polar surface area (TPSA) is 64.3 Å². The van der Waals surface area contributed by atoms with Crippen LogP contribution >= 0.6 is 0 Å². The summed E-state index contributed by atoms with van der Waals surface area (Å²) >= 11 is 0. The first kappa shape index (κ1) is 15.5. The number of rotatable bonds is 4. The molecule has 0 fully saturated rings. The molecular formula is C15H24N2O2. The Balaban J connectivity index is 2.74. The van der Waals surface area contributed by atoms with Crippen molar-refractivity contribution in [3.05, 3.63) is 29.8 Å². The van der Waals surface area contributed by atoms with E-state index in [0.717, 1.165) is 11.3 Å². The maximum atomic E-state index is 12.1. The number of amides is 1. The summed E-state index contributed by atoms with van der Waals surface area (Å²) in [6, 6.07) is 7.01. The predicted octanol–water partition coefficient (Wildman–Crippen LogP) is 2.25. The molecule has 0 aliphatic carbocycles. The van der Waals surface area contributed by atoms with Crippen LogP contribution < -0.4 is 15.8 Å². The molecule has 1 aromatic carbocycles. The third kappa shape index (κ3) is 4.24. The lowest BCUT2D eigenvalue weighted by molar-refractivity contribution is -0.125. The van der Waals surface area contributed by atoms with Crippen molar-refractivity contribution in [3.8, 4) is 5.75 Å². The lowest BCUT2D eigenvalue weighted by Gasteiger charge is -2.27. The third-order valence-electron chi connectivity index (χ3n) is 3.17. The maximum Gasteiger partial charge on any atom is 0.237 e. The van der Waals surface area contributed by atoms with Crippen LogP contribution in [-0.2, 0) is 4.79 Å². The fraction of sp³-hybridized carbons (Fsp3) is 0.533. The number of ether oxygens (including phenoxy) is 1. The molecule has 0 aromatic heterocycles. The average molecular weight is 264 g/mol. The van der Waals surface area contributed by atoms with Crippen LogP contribution in [0.1, 0.15) is 39.3 Å². The van der Waals surface area contributed by atoms with Crippen molar-refractivity contribution >= 4 is 5.91 Å². The summed E-state index contributed by atoms with van der Waals surface area (Å²) < 4.78 is 5.17. The van der Waals surface area contributed by atoms with E-state index in [2.05, 4.69) is 5.32 Å². The fourth-order valence-corrected chi connectivity index (χ4v) is 1.69. The van der Waals surface area contributed by atoms with E-state index in [1.54, 1.807) is 7.11 Å². The lowest BCUT2D eigenvalue weighted by atomic mass is 9.86. The SMILES string of the molecule is COc1cccc([C@@H](C)NC(=O)C(N)C(C)(C)C)c1. The standard InChI is InChI=1S/C15H24N2O2/c1-10(11-7-6-8-12(9-11)19-5)17-14(18)13(16)15(2,3)4/h6-10,13H,16H2,1-5H3,(H,17,18)/t10-,13?/m1/s1. The highest BCUT2D eigenvalue weighted by Crippen LogP contribution is 2.21. The van der Waals surface area contributed by atoms with Gasteiger partial charge in [-0.1, -0.05) is 32.9 Å². The van der Waals surface area contributed by atoms with Gasteiger partial charge in [0.2, 0.25) is 5.91 Å². The molecule has 0 bridgehead atoms. The van der Waals surface area contributed by atoms with Gasteiger partial charge in [-0.25, -0.2) is 0 Å². The van der Waals surface area contributed by atoms with Crippen LogP contribution in [0, 0.1) is 5.41 Å². The first-order valence-electron chi connectivity index (χ1n) is 6.45. The van der Waals surface area contributed by atoms with E-state index in [0.29, 0.717) is 0 Å². The molecule has 0 aliphatic heterocycles. The molecule has 0 heterocycles. The Morgan fingerprint density at radius 2 is 2.00 bits per heavy atom. The van der Waals surface area contributed by atoms with Crippen molar-refractivity contribution in [2.75, 3.05) is 7.11 Å². The molecule has 1 aromatic rings. The van der Waals surface area contributed by atoms with Gasteiger partial charge in [0.15, 0.2) is 0 Å². The summed E-state index contributed by atoms with van der Waals surface area (Å²) in [6.45, 7) is 7.79. The van der Waals surface area contributed by atoms with E-state index < -0.39 is 6.04 Å². The highest BCUT2D eigenvalue weighted by Gasteiger charge is 2.28. The number of hydrogen-bond acceptors (Lipinski definition) is 3. The van der Waals surface area contributed by atoms with Crippen molar-refractivity contribution in [1.82, 2.24) is 5.32 Å². The van der Waals surface area contributed by atoms with E-state index in [-0.39, 0.29) is 17.4 Å². The van der Waals surface area contributed by atoms with Crippen LogP contribution in [0.2, 0.25) is 0 Å². The van der Waals surface area contributed by atoms with Gasteiger partial charge in [-0.15, -0.1) is 0 Å². The van der Waals surface area contributed by atoms with Gasteiger partial charge < -0.3 is 15.8 Å². The lowest BCUT2D eigenvalue weighted by Crippen LogP contribution is -2.49. The Morgan fingerprint density at radius 3 is 2.53 bits per heavy atom. The second-order valence-corrected chi connectivity index (χ2v) is 5.85. The van der Waals surface area contributed by atoms with E-state index in [1.807, 2.05) is 52.0 Å². The quantitative estimate of drug-likeness (QED) is 0.876. The molecule has 0 saturated heterocycles. The zero-order valence-corrected chi connectivity index (χ0v) is 12.4. The Kier molecular flexibility index (Phi) is 4.95. The molecular weight excluding hydrogens is 240 g/mol. The van der Waals surface area contributed by atoms with E-state index >= 15 is 0 Å². The fourth-order valence-electron chi connectivity index (χ4n) is 1.69. The zero-order valence-electron chi connectivity index (χ0n) is 12.4. The molecule has 1 amide bonds. The normalized spacial score (nSPS) is 14.6. The van der Waals surface area contributed by atoms with Gasteiger partial charge in [-0.05, 0) is 30.0 Å². The molecule has 1 unspecified atom stereocenters. The Bertz CT molecular complexity index is 438. The highest BCUT2D eigenvalue weighted by atomic mass is 16.5. The van der Waals surface area contributed by atoms with Crippen molar-refractivity contribution < 1.29 is 9.53 Å². The van der Waals surface area contributed by atoms with Crippen LogP contribution in [0.4, 0.5) is 0 Å². The number of nitrogens with two attached hydrogens (primary N) is 1. The van der Waals surface area contributed by atoms with Crippen molar-refractivity contribution in [2.24, 2.45) is 11.1 Å². The van der Waals surface area contributed by atoms with Gasteiger partial charge in [0.05, 0.1) is 19.2 Å². The van der Waals surface area contributed by atoms with Gasteiger partial charge in [0.25, 0.3) is 0 Å². The molecule has 0 spiro atoms. The zero-order chi connectivity index (χ0) is 14.6. The molecule has 19 heavy (non-hydrogen) atoms. The number of carbonyl (C=O) groups is 1. The highest BCUT2D eigenvalue weighted by molar-refractivity contribution is 5.82. The van der Waals surface area contributed by atoms with Gasteiger partial charge in [-0.3, -0.25) is 4.79 Å². The van der Waals surface area contributed by atoms with Crippen LogP contribution in [0.3, 0.4) is 0 Å². The summed E-state index contributed by atoms with van der Waals surface area (Å²) in [5, 5.41) is 2.93. The number of methoxy groups -OCH3 is 1. The molecule has 0 aliphatic rings. The van der Waals surface area contributed by atoms with Crippen molar-refractivity contribution in [3.63, 3.8) is 0 Å². The number of hydrogen-bond donors (Lipinski definition) is 2. The largest absolute Gasteiger partial charge is 0.497 e. The molecule has 0 saturated carbocycles. The minimum absolute atomic E-state index is 0.101. The van der Waals surface area contributed by atoms with Gasteiger partial charge >= 0.3 is 0 Å². The monoisotopic (exact) mass is 264 g/mol. The van der Waals surface area contributed by atoms with E-state index in [9.17, 15) is 4.79 Å². The molecule has 0 radical (unpaired) electrons. The summed E-state index contributed by atoms with van der Waals surface area (Å²) in [4.78, 5) is 12.1. The van der Waals surface area contributed by atoms with Crippen LogP contribution in [0.25, 0.3) is 0 Å².